The molecule has 1 heterocycles. The van der Waals surface area contributed by atoms with Crippen molar-refractivity contribution in [3.63, 3.8) is 0 Å². The zero-order valence-electron chi connectivity index (χ0n) is 13.0. The molecule has 6 nitrogen and oxygen atoms in total. The fourth-order valence-electron chi connectivity index (χ4n) is 1.41. The van der Waals surface area contributed by atoms with Gasteiger partial charge in [0.05, 0.1) is 0 Å². The van der Waals surface area contributed by atoms with E-state index in [1.165, 1.54) is 0 Å². The molecular formula is C14H25N5O. The van der Waals surface area contributed by atoms with Crippen molar-refractivity contribution in [2.45, 2.75) is 27.2 Å². The second-order valence-electron chi connectivity index (χ2n) is 6.09. The van der Waals surface area contributed by atoms with E-state index in [4.69, 9.17) is 0 Å². The molecule has 0 atom stereocenters. The number of carbonyl (C=O) groups is 1. The predicted octanol–water partition coefficient (Wildman–Crippen LogP) is 1.82. The largest absolute Gasteiger partial charge is 0.369 e. The number of aromatic nitrogens is 2. The molecule has 0 unspecified atom stereocenters. The normalized spacial score (nSPS) is 11.5. The summed E-state index contributed by atoms with van der Waals surface area (Å²) in [5.74, 6) is 1.12. The number of anilines is 2. The molecular weight excluding hydrogens is 254 g/mol. The van der Waals surface area contributed by atoms with E-state index in [-0.39, 0.29) is 5.91 Å². The third-order valence-corrected chi connectivity index (χ3v) is 2.68. The number of hydrogen-bond donors (Lipinski definition) is 2. The van der Waals surface area contributed by atoms with Crippen LogP contribution in [-0.4, -0.2) is 48.2 Å². The SMILES string of the molecule is CN(C)CCCNc1ccc(NC(=O)C(C)(C)C)nn1. The van der Waals surface area contributed by atoms with Gasteiger partial charge >= 0.3 is 0 Å². The first kappa shape index (κ1) is 16.4. The minimum Gasteiger partial charge on any atom is -0.369 e. The maximum absolute atomic E-state index is 11.8. The van der Waals surface area contributed by atoms with Crippen molar-refractivity contribution in [2.75, 3.05) is 37.8 Å². The molecule has 0 radical (unpaired) electrons. The highest BCUT2D eigenvalue weighted by atomic mass is 16.2. The molecule has 0 bridgehead atoms. The summed E-state index contributed by atoms with van der Waals surface area (Å²) in [6.45, 7) is 7.45. The van der Waals surface area contributed by atoms with Crippen LogP contribution in [0, 0.1) is 5.41 Å². The Hall–Kier alpha value is -1.69. The number of nitrogens with zero attached hydrogens (tertiary/aromatic N) is 3. The van der Waals surface area contributed by atoms with E-state index in [1.54, 1.807) is 6.07 Å². The van der Waals surface area contributed by atoms with Gasteiger partial charge in [-0.25, -0.2) is 0 Å². The molecule has 1 aromatic heterocycles. The van der Waals surface area contributed by atoms with Crippen molar-refractivity contribution in [1.82, 2.24) is 15.1 Å². The van der Waals surface area contributed by atoms with Crippen LogP contribution >= 0.6 is 0 Å². The number of nitrogens with one attached hydrogen (secondary N) is 2. The topological polar surface area (TPSA) is 70.2 Å². The summed E-state index contributed by atoms with van der Waals surface area (Å²) in [6, 6.07) is 3.58. The molecule has 0 aromatic carbocycles. The lowest BCUT2D eigenvalue weighted by atomic mass is 9.96. The van der Waals surface area contributed by atoms with Crippen molar-refractivity contribution in [1.29, 1.82) is 0 Å². The van der Waals surface area contributed by atoms with Crippen molar-refractivity contribution >= 4 is 17.5 Å². The van der Waals surface area contributed by atoms with Crippen LogP contribution in [0.3, 0.4) is 0 Å². The molecule has 0 saturated carbocycles. The highest BCUT2D eigenvalue weighted by Crippen LogP contribution is 2.16. The van der Waals surface area contributed by atoms with Gasteiger partial charge < -0.3 is 15.5 Å². The lowest BCUT2D eigenvalue weighted by molar-refractivity contribution is -0.123. The molecule has 0 aliphatic rings. The van der Waals surface area contributed by atoms with Crippen molar-refractivity contribution in [3.8, 4) is 0 Å². The maximum atomic E-state index is 11.8. The Balaban J connectivity index is 2.42. The Kier molecular flexibility index (Phi) is 5.88. The summed E-state index contributed by atoms with van der Waals surface area (Å²) in [5, 5.41) is 14.0. The Morgan fingerprint density at radius 1 is 1.20 bits per heavy atom. The van der Waals surface area contributed by atoms with Crippen LogP contribution in [0.15, 0.2) is 12.1 Å². The van der Waals surface area contributed by atoms with Gasteiger partial charge in [-0.3, -0.25) is 4.79 Å². The lowest BCUT2D eigenvalue weighted by Crippen LogP contribution is -2.28. The highest BCUT2D eigenvalue weighted by Gasteiger charge is 2.21. The average molecular weight is 279 g/mol. The van der Waals surface area contributed by atoms with Crippen molar-refractivity contribution in [2.24, 2.45) is 5.41 Å². The van der Waals surface area contributed by atoms with Gasteiger partial charge in [-0.2, -0.15) is 0 Å². The highest BCUT2D eigenvalue weighted by molar-refractivity contribution is 5.93. The average Bonchev–Trinajstić information content (AvgIpc) is 2.35. The smallest absolute Gasteiger partial charge is 0.230 e. The molecule has 6 heteroatoms. The van der Waals surface area contributed by atoms with Gasteiger partial charge in [0.25, 0.3) is 0 Å². The minimum absolute atomic E-state index is 0.0708. The quantitative estimate of drug-likeness (QED) is 0.777. The summed E-state index contributed by atoms with van der Waals surface area (Å²) in [4.78, 5) is 13.9. The maximum Gasteiger partial charge on any atom is 0.230 e. The van der Waals surface area contributed by atoms with Gasteiger partial charge in [0.15, 0.2) is 5.82 Å². The van der Waals surface area contributed by atoms with Gasteiger partial charge in [-0.05, 0) is 39.2 Å². The molecule has 0 saturated heterocycles. The van der Waals surface area contributed by atoms with Crippen molar-refractivity contribution in [3.05, 3.63) is 12.1 Å². The Morgan fingerprint density at radius 3 is 2.30 bits per heavy atom. The monoisotopic (exact) mass is 279 g/mol. The summed E-state index contributed by atoms with van der Waals surface area (Å²) in [5.41, 5.74) is -0.440. The molecule has 1 amide bonds. The predicted molar refractivity (Wildman–Crippen MR) is 81.8 cm³/mol. The zero-order chi connectivity index (χ0) is 15.2. The van der Waals surface area contributed by atoms with Crippen molar-refractivity contribution < 1.29 is 4.79 Å². The molecule has 20 heavy (non-hydrogen) atoms. The van der Waals surface area contributed by atoms with Crippen LogP contribution in [0.2, 0.25) is 0 Å². The molecule has 0 aliphatic carbocycles. The Morgan fingerprint density at radius 2 is 1.80 bits per heavy atom. The van der Waals surface area contributed by atoms with E-state index in [0.29, 0.717) is 5.82 Å². The summed E-state index contributed by atoms with van der Waals surface area (Å²) in [6.07, 6.45) is 1.04. The summed E-state index contributed by atoms with van der Waals surface area (Å²) >= 11 is 0. The van der Waals surface area contributed by atoms with Gasteiger partial charge in [-0.1, -0.05) is 20.8 Å². The van der Waals surface area contributed by atoms with E-state index in [0.717, 1.165) is 25.3 Å². The van der Waals surface area contributed by atoms with E-state index in [1.807, 2.05) is 40.9 Å². The number of rotatable bonds is 6. The van der Waals surface area contributed by atoms with E-state index < -0.39 is 5.41 Å². The minimum atomic E-state index is -0.440. The van der Waals surface area contributed by atoms with Crippen LogP contribution in [-0.2, 0) is 4.79 Å². The zero-order valence-corrected chi connectivity index (χ0v) is 13.0. The summed E-state index contributed by atoms with van der Waals surface area (Å²) < 4.78 is 0. The fraction of sp³-hybridized carbons (Fsp3) is 0.643. The first-order chi connectivity index (χ1) is 9.29. The molecule has 112 valence electrons. The molecule has 0 fully saturated rings. The van der Waals surface area contributed by atoms with Gasteiger partial charge in [0, 0.05) is 12.0 Å². The standard InChI is InChI=1S/C14H25N5O/c1-14(2,3)13(20)16-12-8-7-11(17-18-12)15-9-6-10-19(4)5/h7-8H,6,9-10H2,1-5H3,(H,15,17)(H,16,18,20). The molecule has 0 spiro atoms. The lowest BCUT2D eigenvalue weighted by Gasteiger charge is -2.16. The fourth-order valence-corrected chi connectivity index (χ4v) is 1.41. The van der Waals surface area contributed by atoms with Gasteiger partial charge in [0.1, 0.15) is 5.82 Å². The number of amides is 1. The Labute approximate surface area is 121 Å². The number of hydrogen-bond acceptors (Lipinski definition) is 5. The molecule has 1 aromatic rings. The second-order valence-corrected chi connectivity index (χ2v) is 6.09. The van der Waals surface area contributed by atoms with Gasteiger partial charge in [0.2, 0.25) is 5.91 Å². The Bertz CT molecular complexity index is 422. The van der Waals surface area contributed by atoms with Crippen LogP contribution in [0.5, 0.6) is 0 Å². The number of carbonyl (C=O) groups excluding carboxylic acids is 1. The van der Waals surface area contributed by atoms with E-state index >= 15 is 0 Å². The first-order valence-electron chi connectivity index (χ1n) is 6.83. The third kappa shape index (κ3) is 5.97. The van der Waals surface area contributed by atoms with Gasteiger partial charge in [-0.15, -0.1) is 10.2 Å². The van der Waals surface area contributed by atoms with E-state index in [2.05, 4.69) is 25.7 Å². The molecule has 2 N–H and O–H groups in total. The van der Waals surface area contributed by atoms with E-state index in [9.17, 15) is 4.79 Å². The van der Waals surface area contributed by atoms with Crippen LogP contribution in [0.4, 0.5) is 11.6 Å². The second kappa shape index (κ2) is 7.19. The molecule has 0 aliphatic heterocycles. The first-order valence-corrected chi connectivity index (χ1v) is 6.83. The van der Waals surface area contributed by atoms with Crippen LogP contribution < -0.4 is 10.6 Å². The van der Waals surface area contributed by atoms with Crippen LogP contribution in [0.25, 0.3) is 0 Å². The summed E-state index contributed by atoms with van der Waals surface area (Å²) in [7, 11) is 4.10. The molecule has 1 rings (SSSR count). The third-order valence-electron chi connectivity index (χ3n) is 2.68. The van der Waals surface area contributed by atoms with Crippen LogP contribution in [0.1, 0.15) is 27.2 Å².